The van der Waals surface area contributed by atoms with Gasteiger partial charge in [0.1, 0.15) is 6.33 Å². The Bertz CT molecular complexity index is 669. The summed E-state index contributed by atoms with van der Waals surface area (Å²) in [5.74, 6) is 0.782. The zero-order chi connectivity index (χ0) is 14.9. The molecule has 8 nitrogen and oxygen atoms in total. The Morgan fingerprint density at radius 3 is 3.23 bits per heavy atom. The summed E-state index contributed by atoms with van der Waals surface area (Å²) in [6.07, 6.45) is 4.84. The summed E-state index contributed by atoms with van der Waals surface area (Å²) < 4.78 is 7.40. The first-order valence-corrected chi connectivity index (χ1v) is 8.11. The van der Waals surface area contributed by atoms with Gasteiger partial charge in [-0.15, -0.1) is 10.2 Å². The zero-order valence-corrected chi connectivity index (χ0v) is 12.7. The highest BCUT2D eigenvalue weighted by Crippen LogP contribution is 2.35. The Kier molecular flexibility index (Phi) is 3.51. The van der Waals surface area contributed by atoms with E-state index in [0.717, 1.165) is 35.7 Å². The molecule has 0 saturated heterocycles. The maximum Gasteiger partial charge on any atom is 0.321 e. The molecule has 116 valence electrons. The van der Waals surface area contributed by atoms with Crippen LogP contribution >= 0.6 is 11.3 Å². The number of hydrogen-bond acceptors (Lipinski definition) is 6. The summed E-state index contributed by atoms with van der Waals surface area (Å²) in [5.41, 5.74) is 1.03. The van der Waals surface area contributed by atoms with Crippen molar-refractivity contribution >= 4 is 22.5 Å². The maximum absolute atomic E-state index is 12.0. The van der Waals surface area contributed by atoms with Crippen molar-refractivity contribution in [2.24, 2.45) is 0 Å². The predicted octanol–water partition coefficient (Wildman–Crippen LogP) is 1.46. The van der Waals surface area contributed by atoms with Crippen LogP contribution in [-0.2, 0) is 24.3 Å². The molecule has 2 aliphatic rings. The van der Waals surface area contributed by atoms with E-state index in [9.17, 15) is 4.79 Å². The third-order valence-corrected chi connectivity index (χ3v) is 4.70. The van der Waals surface area contributed by atoms with E-state index < -0.39 is 0 Å². The number of nitrogens with one attached hydrogen (secondary N) is 2. The molecule has 0 unspecified atom stereocenters. The highest BCUT2D eigenvalue weighted by molar-refractivity contribution is 7.15. The van der Waals surface area contributed by atoms with Gasteiger partial charge < -0.3 is 14.6 Å². The molecule has 22 heavy (non-hydrogen) atoms. The first kappa shape index (κ1) is 13.6. The third-order valence-electron chi connectivity index (χ3n) is 3.71. The van der Waals surface area contributed by atoms with E-state index >= 15 is 0 Å². The molecule has 1 aliphatic heterocycles. The Labute approximate surface area is 130 Å². The minimum absolute atomic E-state index is 0.280. The summed E-state index contributed by atoms with van der Waals surface area (Å²) in [6.45, 7) is 1.64. The van der Waals surface area contributed by atoms with E-state index in [1.165, 1.54) is 11.3 Å². The highest BCUT2D eigenvalue weighted by atomic mass is 32.1. The topological polar surface area (TPSA) is 94.0 Å². The van der Waals surface area contributed by atoms with Crippen molar-refractivity contribution < 1.29 is 9.53 Å². The molecule has 1 fully saturated rings. The van der Waals surface area contributed by atoms with Crippen LogP contribution in [0.2, 0.25) is 0 Å². The lowest BCUT2D eigenvalue weighted by Gasteiger charge is -2.08. The number of carbonyl (C=O) groups is 1. The van der Waals surface area contributed by atoms with Gasteiger partial charge in [0.15, 0.2) is 11.0 Å². The summed E-state index contributed by atoms with van der Waals surface area (Å²) in [7, 11) is 0. The van der Waals surface area contributed by atoms with E-state index in [1.54, 1.807) is 6.33 Å². The summed E-state index contributed by atoms with van der Waals surface area (Å²) in [6, 6.07) is 0.220. The van der Waals surface area contributed by atoms with Crippen molar-refractivity contribution in [3.8, 4) is 0 Å². The van der Waals surface area contributed by atoms with Crippen LogP contribution in [-0.4, -0.2) is 32.4 Å². The average Bonchev–Trinajstić information content (AvgIpc) is 3.11. The molecule has 1 aliphatic carbocycles. The van der Waals surface area contributed by atoms with Crippen molar-refractivity contribution in [1.82, 2.24) is 25.1 Å². The van der Waals surface area contributed by atoms with E-state index in [-0.39, 0.29) is 6.03 Å². The fourth-order valence-electron chi connectivity index (χ4n) is 2.43. The molecular weight excluding hydrogens is 304 g/mol. The lowest BCUT2D eigenvalue weighted by Crippen LogP contribution is -2.29. The van der Waals surface area contributed by atoms with Gasteiger partial charge in [-0.3, -0.25) is 5.32 Å². The van der Waals surface area contributed by atoms with Gasteiger partial charge >= 0.3 is 6.03 Å². The van der Waals surface area contributed by atoms with E-state index in [4.69, 9.17) is 4.74 Å². The van der Waals surface area contributed by atoms with E-state index in [1.807, 2.05) is 4.57 Å². The molecule has 2 aromatic rings. The number of rotatable bonds is 4. The van der Waals surface area contributed by atoms with Crippen molar-refractivity contribution in [3.05, 3.63) is 22.7 Å². The molecule has 0 atom stereocenters. The molecular formula is C13H16N6O2S. The highest BCUT2D eigenvalue weighted by Gasteiger charge is 2.26. The van der Waals surface area contributed by atoms with Gasteiger partial charge in [0.05, 0.1) is 30.3 Å². The largest absolute Gasteiger partial charge is 0.375 e. The SMILES string of the molecule is O=C(NCc1nncn1C1CC1)Nc1nc2c(s1)COCC2. The third kappa shape index (κ3) is 2.81. The Balaban J connectivity index is 1.34. The van der Waals surface area contributed by atoms with Crippen LogP contribution in [0.3, 0.4) is 0 Å². The lowest BCUT2D eigenvalue weighted by molar-refractivity contribution is 0.112. The van der Waals surface area contributed by atoms with Crippen LogP contribution in [0.5, 0.6) is 0 Å². The molecule has 2 aromatic heterocycles. The number of carbonyl (C=O) groups excluding carboxylic acids is 1. The van der Waals surface area contributed by atoms with Gasteiger partial charge in [-0.2, -0.15) is 0 Å². The van der Waals surface area contributed by atoms with Gasteiger partial charge in [0.2, 0.25) is 0 Å². The standard InChI is InChI=1S/C13H16N6O2S/c20-12(14-5-11-18-15-7-19(11)8-1-2-8)17-13-16-9-3-4-21-6-10(9)22-13/h7-8H,1-6H2,(H2,14,16,17,20). The monoisotopic (exact) mass is 320 g/mol. The molecule has 0 spiro atoms. The van der Waals surface area contributed by atoms with Crippen molar-refractivity contribution in [3.63, 3.8) is 0 Å². The molecule has 2 N–H and O–H groups in total. The van der Waals surface area contributed by atoms with Crippen LogP contribution in [0.4, 0.5) is 9.93 Å². The predicted molar refractivity (Wildman–Crippen MR) is 79.6 cm³/mol. The maximum atomic E-state index is 12.0. The first-order valence-electron chi connectivity index (χ1n) is 7.29. The van der Waals surface area contributed by atoms with E-state index in [0.29, 0.717) is 30.9 Å². The molecule has 4 rings (SSSR count). The van der Waals surface area contributed by atoms with Gasteiger partial charge in [-0.1, -0.05) is 11.3 Å². The van der Waals surface area contributed by atoms with Crippen LogP contribution in [0.15, 0.2) is 6.33 Å². The fraction of sp³-hybridized carbons (Fsp3) is 0.538. The second-order valence-electron chi connectivity index (χ2n) is 5.38. The summed E-state index contributed by atoms with van der Waals surface area (Å²) in [5, 5.41) is 14.1. The quantitative estimate of drug-likeness (QED) is 0.889. The molecule has 0 radical (unpaired) electrons. The number of thiazole rings is 1. The second-order valence-corrected chi connectivity index (χ2v) is 6.47. The van der Waals surface area contributed by atoms with Gasteiger partial charge in [0.25, 0.3) is 0 Å². The van der Waals surface area contributed by atoms with E-state index in [2.05, 4.69) is 25.8 Å². The van der Waals surface area contributed by atoms with Crippen LogP contribution in [0.25, 0.3) is 0 Å². The average molecular weight is 320 g/mol. The molecule has 0 bridgehead atoms. The number of ether oxygens (including phenoxy) is 1. The molecule has 3 heterocycles. The zero-order valence-electron chi connectivity index (χ0n) is 11.9. The molecule has 0 aromatic carbocycles. The minimum Gasteiger partial charge on any atom is -0.375 e. The molecule has 2 amide bonds. The molecule has 1 saturated carbocycles. The smallest absolute Gasteiger partial charge is 0.321 e. The number of fused-ring (bicyclic) bond motifs is 1. The number of aromatic nitrogens is 4. The molecule has 9 heteroatoms. The number of hydrogen-bond donors (Lipinski definition) is 2. The number of amides is 2. The van der Waals surface area contributed by atoms with Crippen molar-refractivity contribution in [2.75, 3.05) is 11.9 Å². The summed E-state index contributed by atoms with van der Waals surface area (Å²) >= 11 is 1.46. The van der Waals surface area contributed by atoms with Crippen LogP contribution in [0.1, 0.15) is 35.3 Å². The van der Waals surface area contributed by atoms with Gasteiger partial charge in [-0.25, -0.2) is 9.78 Å². The number of anilines is 1. The van der Waals surface area contributed by atoms with Crippen LogP contribution in [0, 0.1) is 0 Å². The van der Waals surface area contributed by atoms with Gasteiger partial charge in [0, 0.05) is 12.5 Å². The Morgan fingerprint density at radius 1 is 1.50 bits per heavy atom. The number of urea groups is 1. The second kappa shape index (κ2) is 5.65. The normalized spacial score (nSPS) is 17.1. The lowest BCUT2D eigenvalue weighted by atomic mass is 10.2. The first-order chi connectivity index (χ1) is 10.8. The van der Waals surface area contributed by atoms with Gasteiger partial charge in [-0.05, 0) is 12.8 Å². The van der Waals surface area contributed by atoms with Crippen LogP contribution < -0.4 is 10.6 Å². The van der Waals surface area contributed by atoms with Crippen molar-refractivity contribution in [2.45, 2.75) is 38.5 Å². The number of nitrogens with zero attached hydrogens (tertiary/aromatic N) is 4. The van der Waals surface area contributed by atoms with Crippen molar-refractivity contribution in [1.29, 1.82) is 0 Å². The Hall–Kier alpha value is -2.00. The fourth-order valence-corrected chi connectivity index (χ4v) is 3.37. The summed E-state index contributed by atoms with van der Waals surface area (Å²) in [4.78, 5) is 17.5. The Morgan fingerprint density at radius 2 is 2.41 bits per heavy atom. The minimum atomic E-state index is -0.280.